The number of nitrogens with one attached hydrogen (secondary N) is 1. The molecule has 0 atom stereocenters. The summed E-state index contributed by atoms with van der Waals surface area (Å²) in [6, 6.07) is 36.4. The number of hydrogen-bond donors (Lipinski definition) is 1. The number of ether oxygens (including phenoxy) is 2. The molecule has 0 aromatic heterocycles. The van der Waals surface area contributed by atoms with Crippen molar-refractivity contribution in [3.8, 4) is 22.3 Å². The molecule has 0 aliphatic carbocycles. The maximum Gasteiger partial charge on any atom is 0.410 e. The van der Waals surface area contributed by atoms with E-state index in [0.29, 0.717) is 19.6 Å². The van der Waals surface area contributed by atoms with E-state index in [1.54, 1.807) is 26.0 Å². The lowest BCUT2D eigenvalue weighted by molar-refractivity contribution is 0.0142. The number of carbonyl (C=O) groups is 3. The molecule has 3 amide bonds. The van der Waals surface area contributed by atoms with Gasteiger partial charge in [-0.05, 0) is 79.7 Å². The fraction of sp³-hybridized carbons (Fsp3) is 0.341. The van der Waals surface area contributed by atoms with Gasteiger partial charge in [0.05, 0.1) is 0 Å². The molecule has 272 valence electrons. The Morgan fingerprint density at radius 2 is 0.882 bits per heavy atom. The van der Waals surface area contributed by atoms with Crippen molar-refractivity contribution in [2.24, 2.45) is 0 Å². The van der Waals surface area contributed by atoms with Crippen LogP contribution in [-0.2, 0) is 20.7 Å². The van der Waals surface area contributed by atoms with Crippen LogP contribution < -0.4 is 5.32 Å². The molecule has 0 spiro atoms. The van der Waals surface area contributed by atoms with Gasteiger partial charge >= 0.3 is 17.6 Å². The number of benzene rings is 4. The van der Waals surface area contributed by atoms with Crippen molar-refractivity contribution >= 4 is 29.2 Å². The Labute approximate surface area is 308 Å². The summed E-state index contributed by atoms with van der Waals surface area (Å²) < 4.78 is 11.4. The van der Waals surface area contributed by atoms with Crippen LogP contribution in [0.3, 0.4) is 0 Å². The number of halogens is 1. The van der Waals surface area contributed by atoms with Crippen LogP contribution in [0.1, 0.15) is 38.8 Å². The Morgan fingerprint density at radius 3 is 1.24 bits per heavy atom. The lowest BCUT2D eigenvalue weighted by atomic mass is 9.95. The molecule has 4 aromatic rings. The van der Waals surface area contributed by atoms with Crippen molar-refractivity contribution < 1.29 is 23.9 Å². The van der Waals surface area contributed by atoms with E-state index in [9.17, 15) is 14.4 Å². The third-order valence-electron chi connectivity index (χ3n) is 8.45. The van der Waals surface area contributed by atoms with Gasteiger partial charge in [-0.2, -0.15) is 0 Å². The zero-order valence-electron chi connectivity index (χ0n) is 31.0. The van der Waals surface area contributed by atoms with Gasteiger partial charge in [0, 0.05) is 47.3 Å². The number of rotatable bonds is 12. The van der Waals surface area contributed by atoms with Crippen LogP contribution in [0.25, 0.3) is 22.3 Å². The first-order valence-electron chi connectivity index (χ1n) is 16.9. The van der Waals surface area contributed by atoms with E-state index in [1.165, 1.54) is 15.4 Å². The van der Waals surface area contributed by atoms with Crippen molar-refractivity contribution in [3.63, 3.8) is 0 Å². The molecule has 0 heterocycles. The largest absolute Gasteiger partial charge is 0.439 e. The highest BCUT2D eigenvalue weighted by molar-refractivity contribution is 6.62. The quantitative estimate of drug-likeness (QED) is 0.117. The second-order valence-electron chi connectivity index (χ2n) is 13.3. The van der Waals surface area contributed by atoms with Gasteiger partial charge in [0.15, 0.2) is 0 Å². The van der Waals surface area contributed by atoms with Gasteiger partial charge in [0.25, 0.3) is 0 Å². The van der Waals surface area contributed by atoms with Gasteiger partial charge < -0.3 is 29.5 Å². The van der Waals surface area contributed by atoms with E-state index in [0.717, 1.165) is 34.4 Å². The minimum Gasteiger partial charge on any atom is -0.439 e. The predicted molar refractivity (Wildman–Crippen MR) is 206 cm³/mol. The molecule has 0 fully saturated rings. The lowest BCUT2D eigenvalue weighted by Gasteiger charge is -2.29. The summed E-state index contributed by atoms with van der Waals surface area (Å²) in [6.45, 7) is 9.53. The standard InChI is InChI=1S/C21H25ClN2O3.C20H26N2O2/c1-21(2,27-20(26)24(4)15-14-23(3)19(22)25)18-12-10-17(11-13-18)16-8-6-5-7-9-16;1-20(2,24-19(23)22(4)15-14-21-3)18-12-10-17(11-13-18)16-8-6-5-7-9-16/h5-13H,14-15H2,1-4H3;5-13,21H,14-15H2,1-4H3. The molecule has 0 bridgehead atoms. The maximum atomic E-state index is 12.4. The Bertz CT molecular complexity index is 1680. The summed E-state index contributed by atoms with van der Waals surface area (Å²) in [5, 5.41) is 2.46. The fourth-order valence-corrected chi connectivity index (χ4v) is 5.03. The van der Waals surface area contributed by atoms with Crippen molar-refractivity contribution in [1.82, 2.24) is 20.0 Å². The monoisotopic (exact) mass is 714 g/mol. The third kappa shape index (κ3) is 12.5. The van der Waals surface area contributed by atoms with Gasteiger partial charge in [0.1, 0.15) is 11.2 Å². The van der Waals surface area contributed by atoms with E-state index in [1.807, 2.05) is 108 Å². The zero-order valence-corrected chi connectivity index (χ0v) is 31.7. The minimum absolute atomic E-state index is 0.317. The summed E-state index contributed by atoms with van der Waals surface area (Å²) in [7, 11) is 6.81. The van der Waals surface area contributed by atoms with Crippen molar-refractivity contribution in [2.75, 3.05) is 54.4 Å². The van der Waals surface area contributed by atoms with E-state index in [4.69, 9.17) is 21.1 Å². The first-order valence-corrected chi connectivity index (χ1v) is 17.3. The molecule has 0 saturated heterocycles. The van der Waals surface area contributed by atoms with Gasteiger partial charge in [-0.3, -0.25) is 4.79 Å². The van der Waals surface area contributed by atoms with Crippen molar-refractivity contribution in [1.29, 1.82) is 0 Å². The summed E-state index contributed by atoms with van der Waals surface area (Å²) in [4.78, 5) is 39.9. The highest BCUT2D eigenvalue weighted by atomic mass is 35.5. The average molecular weight is 715 g/mol. The minimum atomic E-state index is -0.783. The van der Waals surface area contributed by atoms with Crippen molar-refractivity contribution in [2.45, 2.75) is 38.9 Å². The summed E-state index contributed by atoms with van der Waals surface area (Å²) in [5.74, 6) is 0. The summed E-state index contributed by atoms with van der Waals surface area (Å²) in [6.07, 6.45) is -0.773. The first-order chi connectivity index (χ1) is 24.1. The molecule has 0 unspecified atom stereocenters. The van der Waals surface area contributed by atoms with Gasteiger partial charge in [0.2, 0.25) is 0 Å². The van der Waals surface area contributed by atoms with Crippen LogP contribution in [0.4, 0.5) is 14.4 Å². The smallest absolute Gasteiger partial charge is 0.410 e. The molecule has 1 N–H and O–H groups in total. The van der Waals surface area contributed by atoms with Gasteiger partial charge in [-0.15, -0.1) is 0 Å². The third-order valence-corrected chi connectivity index (χ3v) is 8.74. The maximum absolute atomic E-state index is 12.4. The van der Waals surface area contributed by atoms with Crippen LogP contribution in [0.5, 0.6) is 0 Å². The average Bonchev–Trinajstić information content (AvgIpc) is 3.13. The number of hydrogen-bond acceptors (Lipinski definition) is 6. The first kappa shape index (κ1) is 40.6. The molecule has 0 aliphatic heterocycles. The van der Waals surface area contributed by atoms with Crippen LogP contribution in [0.2, 0.25) is 0 Å². The van der Waals surface area contributed by atoms with E-state index >= 15 is 0 Å². The highest BCUT2D eigenvalue weighted by Gasteiger charge is 2.28. The SMILES string of the molecule is CN(CCN(C)C(=O)OC(C)(C)c1ccc(-c2ccccc2)cc1)C(=O)Cl.CNCCN(C)C(=O)OC(C)(C)c1ccc(-c2ccccc2)cc1. The Hall–Kier alpha value is -4.86. The molecular weight excluding hydrogens is 664 g/mol. The number of nitrogens with zero attached hydrogens (tertiary/aromatic N) is 3. The molecular formula is C41H51ClN4O5. The second kappa shape index (κ2) is 18.9. The number of likely N-dealkylation sites (N-methyl/N-ethyl adjacent to an activating group) is 4. The Balaban J connectivity index is 0.000000277. The van der Waals surface area contributed by atoms with Crippen LogP contribution in [0.15, 0.2) is 109 Å². The van der Waals surface area contributed by atoms with Crippen LogP contribution in [-0.4, -0.2) is 86.6 Å². The van der Waals surface area contributed by atoms with Crippen LogP contribution >= 0.6 is 11.6 Å². The zero-order chi connectivity index (χ0) is 37.6. The van der Waals surface area contributed by atoms with E-state index in [2.05, 4.69) is 41.7 Å². The fourth-order valence-electron chi connectivity index (χ4n) is 4.95. The summed E-state index contributed by atoms with van der Waals surface area (Å²) in [5.41, 5.74) is 4.96. The predicted octanol–water partition coefficient (Wildman–Crippen LogP) is 8.82. The lowest BCUT2D eigenvalue weighted by Crippen LogP contribution is -2.39. The molecule has 9 nitrogen and oxygen atoms in total. The molecule has 0 aliphatic rings. The topological polar surface area (TPSA) is 91.4 Å². The second-order valence-corrected chi connectivity index (χ2v) is 13.6. The Kier molecular flexibility index (Phi) is 15.1. The highest BCUT2D eigenvalue weighted by Crippen LogP contribution is 2.30. The van der Waals surface area contributed by atoms with Gasteiger partial charge in [-0.25, -0.2) is 9.59 Å². The van der Waals surface area contributed by atoms with E-state index in [-0.39, 0.29) is 6.09 Å². The molecule has 10 heteroatoms. The number of amides is 3. The van der Waals surface area contributed by atoms with Crippen LogP contribution in [0, 0.1) is 0 Å². The molecule has 0 radical (unpaired) electrons. The molecule has 0 saturated carbocycles. The van der Waals surface area contributed by atoms with Crippen molar-refractivity contribution in [3.05, 3.63) is 120 Å². The van der Waals surface area contributed by atoms with E-state index < -0.39 is 22.7 Å². The molecule has 4 aromatic carbocycles. The molecule has 4 rings (SSSR count). The summed E-state index contributed by atoms with van der Waals surface area (Å²) >= 11 is 5.39. The normalized spacial score (nSPS) is 11.1. The molecule has 51 heavy (non-hydrogen) atoms. The number of carbonyl (C=O) groups excluding carboxylic acids is 3. The Morgan fingerprint density at radius 1 is 0.549 bits per heavy atom. The van der Waals surface area contributed by atoms with Gasteiger partial charge in [-0.1, -0.05) is 109 Å².